The standard InChI is InChI=1S/C16H26N4O/c1-2-9-18-10-13-7-8-16(19-11-13)20(12-15(17)21)14-5-3-4-6-14/h7-8,11,14,18H,2-6,9-10,12H2,1H3,(H2,17,21). The number of hydrogen-bond donors (Lipinski definition) is 2. The molecule has 3 N–H and O–H groups in total. The van der Waals surface area contributed by atoms with Gasteiger partial charge in [-0.05, 0) is 37.4 Å². The molecule has 1 saturated carbocycles. The number of aromatic nitrogens is 1. The molecule has 0 spiro atoms. The fourth-order valence-corrected chi connectivity index (χ4v) is 2.88. The van der Waals surface area contributed by atoms with Gasteiger partial charge >= 0.3 is 0 Å². The van der Waals surface area contributed by atoms with Crippen LogP contribution in [0.2, 0.25) is 0 Å². The van der Waals surface area contributed by atoms with Crippen molar-refractivity contribution in [2.75, 3.05) is 18.0 Å². The number of carbonyl (C=O) groups is 1. The Morgan fingerprint density at radius 2 is 2.19 bits per heavy atom. The first-order valence-corrected chi connectivity index (χ1v) is 7.91. The minimum Gasteiger partial charge on any atom is -0.368 e. The molecule has 1 fully saturated rings. The van der Waals surface area contributed by atoms with Crippen LogP contribution >= 0.6 is 0 Å². The minimum absolute atomic E-state index is 0.255. The first kappa shape index (κ1) is 15.8. The van der Waals surface area contributed by atoms with E-state index in [9.17, 15) is 4.79 Å². The zero-order valence-corrected chi connectivity index (χ0v) is 12.8. The van der Waals surface area contributed by atoms with Gasteiger partial charge in [-0.25, -0.2) is 4.98 Å². The second kappa shape index (κ2) is 7.98. The van der Waals surface area contributed by atoms with E-state index in [2.05, 4.69) is 28.2 Å². The van der Waals surface area contributed by atoms with Crippen molar-refractivity contribution in [1.82, 2.24) is 10.3 Å². The van der Waals surface area contributed by atoms with Gasteiger partial charge in [0.05, 0.1) is 6.54 Å². The Hall–Kier alpha value is -1.62. The summed E-state index contributed by atoms with van der Waals surface area (Å²) < 4.78 is 0. The Morgan fingerprint density at radius 1 is 1.43 bits per heavy atom. The summed E-state index contributed by atoms with van der Waals surface area (Å²) >= 11 is 0. The van der Waals surface area contributed by atoms with Crippen molar-refractivity contribution in [2.24, 2.45) is 5.73 Å². The van der Waals surface area contributed by atoms with Crippen LogP contribution in [-0.4, -0.2) is 30.0 Å². The summed E-state index contributed by atoms with van der Waals surface area (Å²) in [7, 11) is 0. The summed E-state index contributed by atoms with van der Waals surface area (Å²) in [6.45, 7) is 4.25. The van der Waals surface area contributed by atoms with Crippen molar-refractivity contribution in [1.29, 1.82) is 0 Å². The van der Waals surface area contributed by atoms with Gasteiger partial charge < -0.3 is 16.0 Å². The van der Waals surface area contributed by atoms with E-state index in [-0.39, 0.29) is 12.5 Å². The molecule has 1 aliphatic carbocycles. The van der Waals surface area contributed by atoms with Gasteiger partial charge in [0, 0.05) is 18.8 Å². The van der Waals surface area contributed by atoms with E-state index < -0.39 is 0 Å². The number of nitrogens with two attached hydrogens (primary N) is 1. The van der Waals surface area contributed by atoms with E-state index in [0.29, 0.717) is 6.04 Å². The summed E-state index contributed by atoms with van der Waals surface area (Å²) in [6.07, 6.45) is 7.70. The molecule has 5 nitrogen and oxygen atoms in total. The van der Waals surface area contributed by atoms with E-state index in [1.807, 2.05) is 12.3 Å². The molecule has 0 aromatic carbocycles. The summed E-state index contributed by atoms with van der Waals surface area (Å²) in [4.78, 5) is 17.9. The van der Waals surface area contributed by atoms with E-state index >= 15 is 0 Å². The number of hydrogen-bond acceptors (Lipinski definition) is 4. The van der Waals surface area contributed by atoms with Crippen LogP contribution in [0.3, 0.4) is 0 Å². The van der Waals surface area contributed by atoms with Crippen molar-refractivity contribution in [2.45, 2.75) is 51.6 Å². The predicted molar refractivity (Wildman–Crippen MR) is 85.0 cm³/mol. The summed E-state index contributed by atoms with van der Waals surface area (Å²) in [5.74, 6) is 0.567. The molecule has 0 unspecified atom stereocenters. The molecule has 1 heterocycles. The number of nitrogens with one attached hydrogen (secondary N) is 1. The maximum absolute atomic E-state index is 11.3. The van der Waals surface area contributed by atoms with Crippen molar-refractivity contribution in [3.05, 3.63) is 23.9 Å². The zero-order valence-electron chi connectivity index (χ0n) is 12.8. The highest BCUT2D eigenvalue weighted by Crippen LogP contribution is 2.26. The first-order chi connectivity index (χ1) is 10.2. The maximum atomic E-state index is 11.3. The van der Waals surface area contributed by atoms with Crippen molar-refractivity contribution in [3.63, 3.8) is 0 Å². The Kier molecular flexibility index (Phi) is 5.99. The van der Waals surface area contributed by atoms with Crippen LogP contribution in [0, 0.1) is 0 Å². The molecule has 1 aromatic heterocycles. The molecule has 0 saturated heterocycles. The summed E-state index contributed by atoms with van der Waals surface area (Å²) in [5.41, 5.74) is 6.56. The lowest BCUT2D eigenvalue weighted by molar-refractivity contribution is -0.116. The molecule has 21 heavy (non-hydrogen) atoms. The zero-order chi connectivity index (χ0) is 15.1. The fourth-order valence-electron chi connectivity index (χ4n) is 2.88. The van der Waals surface area contributed by atoms with Crippen molar-refractivity contribution < 1.29 is 4.79 Å². The van der Waals surface area contributed by atoms with Gasteiger partial charge in [-0.15, -0.1) is 0 Å². The lowest BCUT2D eigenvalue weighted by Gasteiger charge is -2.28. The average Bonchev–Trinajstić information content (AvgIpc) is 3.00. The van der Waals surface area contributed by atoms with Crippen LogP contribution in [0.4, 0.5) is 5.82 Å². The fraction of sp³-hybridized carbons (Fsp3) is 0.625. The highest BCUT2D eigenvalue weighted by Gasteiger charge is 2.24. The van der Waals surface area contributed by atoms with Gasteiger partial charge in [0.1, 0.15) is 5.82 Å². The number of nitrogens with zero attached hydrogens (tertiary/aromatic N) is 2. The predicted octanol–water partition coefficient (Wildman–Crippen LogP) is 1.82. The monoisotopic (exact) mass is 290 g/mol. The smallest absolute Gasteiger partial charge is 0.237 e. The van der Waals surface area contributed by atoms with Gasteiger partial charge in [-0.3, -0.25) is 4.79 Å². The summed E-state index contributed by atoms with van der Waals surface area (Å²) in [5, 5.41) is 3.36. The van der Waals surface area contributed by atoms with E-state index in [0.717, 1.165) is 43.7 Å². The molecular formula is C16H26N4O. The SMILES string of the molecule is CCCNCc1ccc(N(CC(N)=O)C2CCCC2)nc1. The molecule has 2 rings (SSSR count). The highest BCUT2D eigenvalue weighted by molar-refractivity contribution is 5.79. The number of rotatable bonds is 8. The lowest BCUT2D eigenvalue weighted by Crippen LogP contribution is -2.40. The normalized spacial score (nSPS) is 15.3. The van der Waals surface area contributed by atoms with E-state index in [1.165, 1.54) is 12.8 Å². The molecule has 1 aromatic rings. The third-order valence-corrected chi connectivity index (χ3v) is 3.95. The van der Waals surface area contributed by atoms with Crippen LogP contribution in [0.5, 0.6) is 0 Å². The van der Waals surface area contributed by atoms with Gasteiger partial charge in [0.2, 0.25) is 5.91 Å². The third kappa shape index (κ3) is 4.70. The van der Waals surface area contributed by atoms with Crippen LogP contribution < -0.4 is 16.0 Å². The number of primary amides is 1. The quantitative estimate of drug-likeness (QED) is 0.716. The topological polar surface area (TPSA) is 71.2 Å². The molecule has 0 radical (unpaired) electrons. The molecule has 0 aliphatic heterocycles. The highest BCUT2D eigenvalue weighted by atomic mass is 16.1. The molecule has 1 amide bonds. The number of carbonyl (C=O) groups excluding carboxylic acids is 1. The van der Waals surface area contributed by atoms with E-state index in [4.69, 9.17) is 5.73 Å². The van der Waals surface area contributed by atoms with Crippen molar-refractivity contribution >= 4 is 11.7 Å². The summed E-state index contributed by atoms with van der Waals surface area (Å²) in [6, 6.07) is 4.48. The van der Waals surface area contributed by atoms with Gasteiger partial charge in [0.25, 0.3) is 0 Å². The maximum Gasteiger partial charge on any atom is 0.237 e. The molecular weight excluding hydrogens is 264 g/mol. The number of pyridine rings is 1. The average molecular weight is 290 g/mol. The molecule has 0 atom stereocenters. The van der Waals surface area contributed by atoms with E-state index in [1.54, 1.807) is 0 Å². The molecule has 0 bridgehead atoms. The van der Waals surface area contributed by atoms with Crippen LogP contribution in [0.1, 0.15) is 44.6 Å². The Labute approximate surface area is 126 Å². The van der Waals surface area contributed by atoms with Gasteiger partial charge in [-0.1, -0.05) is 25.8 Å². The van der Waals surface area contributed by atoms with Crippen LogP contribution in [0.15, 0.2) is 18.3 Å². The molecule has 5 heteroatoms. The van der Waals surface area contributed by atoms with Crippen molar-refractivity contribution in [3.8, 4) is 0 Å². The number of amides is 1. The lowest BCUT2D eigenvalue weighted by atomic mass is 10.2. The molecule has 1 aliphatic rings. The second-order valence-electron chi connectivity index (χ2n) is 5.73. The third-order valence-electron chi connectivity index (χ3n) is 3.95. The van der Waals surface area contributed by atoms with Gasteiger partial charge in [0.15, 0.2) is 0 Å². The Balaban J connectivity index is 2.03. The van der Waals surface area contributed by atoms with Crippen LogP contribution in [0.25, 0.3) is 0 Å². The Morgan fingerprint density at radius 3 is 2.76 bits per heavy atom. The van der Waals surface area contributed by atoms with Crippen LogP contribution in [-0.2, 0) is 11.3 Å². The first-order valence-electron chi connectivity index (χ1n) is 7.91. The van der Waals surface area contributed by atoms with Gasteiger partial charge in [-0.2, -0.15) is 0 Å². The molecule has 116 valence electrons. The minimum atomic E-state index is -0.294. The number of anilines is 1. The second-order valence-corrected chi connectivity index (χ2v) is 5.73. The largest absolute Gasteiger partial charge is 0.368 e. The Bertz CT molecular complexity index is 440.